The molecule has 2 rings (SSSR count). The Bertz CT molecular complexity index is 452. The van der Waals surface area contributed by atoms with Crippen LogP contribution in [0.25, 0.3) is 0 Å². The second-order valence-electron chi connectivity index (χ2n) is 3.35. The van der Waals surface area contributed by atoms with Crippen molar-refractivity contribution in [1.29, 1.82) is 0 Å². The monoisotopic (exact) mass is 232 g/mol. The molecule has 0 radical (unpaired) electrons. The Hall–Kier alpha value is -1.83. The highest BCUT2D eigenvalue weighted by Gasteiger charge is 2.03. The Kier molecular flexibility index (Phi) is 5.21. The first-order valence-electron chi connectivity index (χ1n) is 5.75. The molecule has 17 heavy (non-hydrogen) atoms. The molecule has 0 fully saturated rings. The van der Waals surface area contributed by atoms with Crippen LogP contribution in [0.3, 0.4) is 0 Å². The standard InChI is InChI=1S/C13H11FO.C2H6/c1-10-7-8-13(12(14)9-10)15-11-5-3-2-4-6-11;1-2/h2-9H,1H3;1-2H3. The van der Waals surface area contributed by atoms with Crippen LogP contribution in [0, 0.1) is 12.7 Å². The molecule has 0 heterocycles. The minimum absolute atomic E-state index is 0.256. The van der Waals surface area contributed by atoms with Crippen LogP contribution in [0.5, 0.6) is 11.5 Å². The van der Waals surface area contributed by atoms with Crippen molar-refractivity contribution in [2.75, 3.05) is 0 Å². The number of halogens is 1. The van der Waals surface area contributed by atoms with E-state index >= 15 is 0 Å². The van der Waals surface area contributed by atoms with Crippen molar-refractivity contribution in [3.8, 4) is 11.5 Å². The molecule has 0 spiro atoms. The summed E-state index contributed by atoms with van der Waals surface area (Å²) < 4.78 is 18.8. The van der Waals surface area contributed by atoms with Gasteiger partial charge in [-0.1, -0.05) is 38.1 Å². The predicted octanol–water partition coefficient (Wildman–Crippen LogP) is 4.95. The minimum Gasteiger partial charge on any atom is -0.454 e. The van der Waals surface area contributed by atoms with Gasteiger partial charge in [0.1, 0.15) is 5.75 Å². The third kappa shape index (κ3) is 3.91. The second kappa shape index (κ2) is 6.69. The number of para-hydroxylation sites is 1. The van der Waals surface area contributed by atoms with Crippen molar-refractivity contribution in [2.45, 2.75) is 20.8 Å². The summed E-state index contributed by atoms with van der Waals surface area (Å²) in [6.45, 7) is 5.84. The number of hydrogen-bond donors (Lipinski definition) is 0. The van der Waals surface area contributed by atoms with Crippen molar-refractivity contribution in [1.82, 2.24) is 0 Å². The molecule has 0 bridgehead atoms. The summed E-state index contributed by atoms with van der Waals surface area (Å²) in [5, 5.41) is 0. The quantitative estimate of drug-likeness (QED) is 0.711. The van der Waals surface area contributed by atoms with Gasteiger partial charge in [-0.15, -0.1) is 0 Å². The van der Waals surface area contributed by atoms with E-state index in [4.69, 9.17) is 4.74 Å². The molecule has 0 atom stereocenters. The van der Waals surface area contributed by atoms with Gasteiger partial charge in [0.05, 0.1) is 0 Å². The number of hydrogen-bond acceptors (Lipinski definition) is 1. The number of rotatable bonds is 2. The van der Waals surface area contributed by atoms with Crippen LogP contribution in [0.4, 0.5) is 4.39 Å². The van der Waals surface area contributed by atoms with Crippen LogP contribution in [0.2, 0.25) is 0 Å². The fourth-order valence-corrected chi connectivity index (χ4v) is 1.30. The Balaban J connectivity index is 0.000000686. The van der Waals surface area contributed by atoms with Gasteiger partial charge in [0.25, 0.3) is 0 Å². The minimum atomic E-state index is -0.334. The van der Waals surface area contributed by atoms with Crippen LogP contribution in [-0.2, 0) is 0 Å². The van der Waals surface area contributed by atoms with Gasteiger partial charge >= 0.3 is 0 Å². The lowest BCUT2D eigenvalue weighted by atomic mass is 10.2. The van der Waals surface area contributed by atoms with Gasteiger partial charge in [-0.2, -0.15) is 0 Å². The number of ether oxygens (including phenoxy) is 1. The number of aryl methyl sites for hydroxylation is 1. The average Bonchev–Trinajstić information content (AvgIpc) is 2.37. The summed E-state index contributed by atoms with van der Waals surface area (Å²) in [6, 6.07) is 14.1. The van der Waals surface area contributed by atoms with Crippen molar-refractivity contribution in [3.05, 3.63) is 59.9 Å². The van der Waals surface area contributed by atoms with E-state index in [1.165, 1.54) is 6.07 Å². The summed E-state index contributed by atoms with van der Waals surface area (Å²) in [5.74, 6) is 0.561. The van der Waals surface area contributed by atoms with E-state index in [1.54, 1.807) is 18.2 Å². The Morgan fingerprint density at radius 2 is 1.59 bits per heavy atom. The zero-order chi connectivity index (χ0) is 12.7. The lowest BCUT2D eigenvalue weighted by Gasteiger charge is -2.06. The SMILES string of the molecule is CC.Cc1ccc(Oc2ccccc2)c(F)c1. The summed E-state index contributed by atoms with van der Waals surface area (Å²) in [6.07, 6.45) is 0. The first-order valence-corrected chi connectivity index (χ1v) is 5.75. The van der Waals surface area contributed by atoms with Crippen LogP contribution < -0.4 is 4.74 Å². The van der Waals surface area contributed by atoms with Crippen molar-refractivity contribution >= 4 is 0 Å². The van der Waals surface area contributed by atoms with Crippen molar-refractivity contribution in [2.24, 2.45) is 0 Å². The molecule has 1 nitrogen and oxygen atoms in total. The maximum Gasteiger partial charge on any atom is 0.165 e. The second-order valence-corrected chi connectivity index (χ2v) is 3.35. The molecule has 0 N–H and O–H groups in total. The smallest absolute Gasteiger partial charge is 0.165 e. The van der Waals surface area contributed by atoms with E-state index in [0.29, 0.717) is 5.75 Å². The molecule has 0 aromatic heterocycles. The third-order valence-corrected chi connectivity index (χ3v) is 2.06. The molecule has 0 unspecified atom stereocenters. The number of benzene rings is 2. The van der Waals surface area contributed by atoms with Crippen LogP contribution in [-0.4, -0.2) is 0 Å². The molecule has 2 heteroatoms. The van der Waals surface area contributed by atoms with E-state index < -0.39 is 0 Å². The van der Waals surface area contributed by atoms with Gasteiger partial charge in [0, 0.05) is 0 Å². The predicted molar refractivity (Wildman–Crippen MR) is 69.0 cm³/mol. The summed E-state index contributed by atoms with van der Waals surface area (Å²) >= 11 is 0. The zero-order valence-corrected chi connectivity index (χ0v) is 10.4. The average molecular weight is 232 g/mol. The third-order valence-electron chi connectivity index (χ3n) is 2.06. The summed E-state index contributed by atoms with van der Waals surface area (Å²) in [7, 11) is 0. The van der Waals surface area contributed by atoms with E-state index in [1.807, 2.05) is 45.0 Å². The molecule has 0 amide bonds. The van der Waals surface area contributed by atoms with E-state index in [2.05, 4.69) is 0 Å². The molecule has 90 valence electrons. The topological polar surface area (TPSA) is 9.23 Å². The van der Waals surface area contributed by atoms with Crippen molar-refractivity contribution < 1.29 is 9.13 Å². The molecule has 2 aromatic carbocycles. The van der Waals surface area contributed by atoms with Crippen molar-refractivity contribution in [3.63, 3.8) is 0 Å². The highest BCUT2D eigenvalue weighted by molar-refractivity contribution is 5.33. The fourth-order valence-electron chi connectivity index (χ4n) is 1.30. The molecule has 0 saturated heterocycles. The molecule has 0 aliphatic heterocycles. The highest BCUT2D eigenvalue weighted by atomic mass is 19.1. The molecule has 0 aliphatic rings. The lowest BCUT2D eigenvalue weighted by Crippen LogP contribution is -1.88. The summed E-state index contributed by atoms with van der Waals surface area (Å²) in [4.78, 5) is 0. The Morgan fingerprint density at radius 1 is 0.941 bits per heavy atom. The van der Waals surface area contributed by atoms with E-state index in [-0.39, 0.29) is 11.6 Å². The lowest BCUT2D eigenvalue weighted by molar-refractivity contribution is 0.442. The van der Waals surface area contributed by atoms with Crippen LogP contribution in [0.15, 0.2) is 48.5 Å². The van der Waals surface area contributed by atoms with Gasteiger partial charge in [-0.05, 0) is 36.8 Å². The maximum atomic E-state index is 13.4. The molecule has 0 saturated carbocycles. The van der Waals surface area contributed by atoms with Gasteiger partial charge in [-0.25, -0.2) is 4.39 Å². The molecule has 2 aromatic rings. The Labute approximate surface area is 102 Å². The van der Waals surface area contributed by atoms with Gasteiger partial charge in [0.15, 0.2) is 11.6 Å². The van der Waals surface area contributed by atoms with Gasteiger partial charge in [-0.3, -0.25) is 0 Å². The fraction of sp³-hybridized carbons (Fsp3) is 0.200. The largest absolute Gasteiger partial charge is 0.454 e. The zero-order valence-electron chi connectivity index (χ0n) is 10.4. The molecular weight excluding hydrogens is 215 g/mol. The Morgan fingerprint density at radius 3 is 2.18 bits per heavy atom. The maximum absolute atomic E-state index is 13.4. The highest BCUT2D eigenvalue weighted by Crippen LogP contribution is 2.24. The first kappa shape index (κ1) is 13.2. The first-order chi connectivity index (χ1) is 8.25. The van der Waals surface area contributed by atoms with E-state index in [9.17, 15) is 4.39 Å². The van der Waals surface area contributed by atoms with Crippen LogP contribution in [0.1, 0.15) is 19.4 Å². The van der Waals surface area contributed by atoms with Gasteiger partial charge < -0.3 is 4.74 Å². The molecule has 0 aliphatic carbocycles. The van der Waals surface area contributed by atoms with Gasteiger partial charge in [0.2, 0.25) is 0 Å². The van der Waals surface area contributed by atoms with E-state index in [0.717, 1.165) is 5.56 Å². The summed E-state index contributed by atoms with van der Waals surface area (Å²) in [5.41, 5.74) is 0.882. The van der Waals surface area contributed by atoms with Crippen LogP contribution >= 0.6 is 0 Å². The molecular formula is C15H17FO. The normalized spacial score (nSPS) is 9.18.